The number of aromatic amines is 1. The normalized spacial score (nSPS) is 11.3. The molecule has 2 aromatic carbocycles. The lowest BCUT2D eigenvalue weighted by Crippen LogP contribution is -2.30. The van der Waals surface area contributed by atoms with E-state index in [1.807, 2.05) is 30.3 Å². The fraction of sp³-hybridized carbons (Fsp3) is 0.0500. The zero-order chi connectivity index (χ0) is 19.2. The SMILES string of the molecule is COc1ccc(-n2c(O)c(/C=C/C=Nc3ccccc3)c(=O)[nH]c2=O)cc1. The second-order valence-corrected chi connectivity index (χ2v) is 5.50. The lowest BCUT2D eigenvalue weighted by Gasteiger charge is -2.10. The summed E-state index contributed by atoms with van der Waals surface area (Å²) in [6.07, 6.45) is 4.40. The van der Waals surface area contributed by atoms with Crippen LogP contribution in [0, 0.1) is 0 Å². The fourth-order valence-corrected chi connectivity index (χ4v) is 2.44. The van der Waals surface area contributed by atoms with Crippen LogP contribution < -0.4 is 16.0 Å². The fourth-order valence-electron chi connectivity index (χ4n) is 2.44. The Labute approximate surface area is 154 Å². The van der Waals surface area contributed by atoms with Crippen molar-refractivity contribution in [1.82, 2.24) is 9.55 Å². The van der Waals surface area contributed by atoms with Crippen LogP contribution in [0.15, 0.2) is 75.3 Å². The van der Waals surface area contributed by atoms with Crippen LogP contribution in [-0.4, -0.2) is 28.0 Å². The number of H-pyrrole nitrogens is 1. The van der Waals surface area contributed by atoms with Gasteiger partial charge in [-0.3, -0.25) is 14.8 Å². The van der Waals surface area contributed by atoms with Gasteiger partial charge in [0.15, 0.2) is 0 Å². The Morgan fingerprint density at radius 1 is 1.07 bits per heavy atom. The Hall–Kier alpha value is -3.87. The molecule has 0 amide bonds. The van der Waals surface area contributed by atoms with Crippen molar-refractivity contribution in [2.45, 2.75) is 0 Å². The summed E-state index contributed by atoms with van der Waals surface area (Å²) in [5.41, 5.74) is -0.333. The number of allylic oxidation sites excluding steroid dienone is 1. The van der Waals surface area contributed by atoms with Gasteiger partial charge in [0.25, 0.3) is 5.56 Å². The van der Waals surface area contributed by atoms with Crippen LogP contribution in [0.2, 0.25) is 0 Å². The van der Waals surface area contributed by atoms with Gasteiger partial charge in [0.05, 0.1) is 18.5 Å². The topological polar surface area (TPSA) is 96.7 Å². The molecule has 136 valence electrons. The van der Waals surface area contributed by atoms with E-state index in [9.17, 15) is 14.7 Å². The van der Waals surface area contributed by atoms with E-state index in [4.69, 9.17) is 4.74 Å². The number of rotatable bonds is 5. The first-order valence-corrected chi connectivity index (χ1v) is 8.08. The number of aliphatic imine (C=N–C) groups is 1. The number of ether oxygens (including phenoxy) is 1. The predicted molar refractivity (Wildman–Crippen MR) is 105 cm³/mol. The highest BCUT2D eigenvalue weighted by Gasteiger charge is 2.13. The molecule has 0 aliphatic rings. The minimum absolute atomic E-state index is 0.0510. The zero-order valence-electron chi connectivity index (χ0n) is 14.5. The molecule has 0 saturated carbocycles. The maximum absolute atomic E-state index is 12.1. The van der Waals surface area contributed by atoms with Crippen molar-refractivity contribution in [3.05, 3.63) is 87.1 Å². The zero-order valence-corrected chi connectivity index (χ0v) is 14.5. The van der Waals surface area contributed by atoms with Gasteiger partial charge in [-0.15, -0.1) is 0 Å². The second-order valence-electron chi connectivity index (χ2n) is 5.50. The van der Waals surface area contributed by atoms with Gasteiger partial charge < -0.3 is 9.84 Å². The minimum atomic E-state index is -0.738. The number of aromatic nitrogens is 2. The van der Waals surface area contributed by atoms with Gasteiger partial charge in [0, 0.05) is 6.21 Å². The van der Waals surface area contributed by atoms with Gasteiger partial charge in [-0.2, -0.15) is 0 Å². The van der Waals surface area contributed by atoms with Gasteiger partial charge >= 0.3 is 5.69 Å². The number of aromatic hydroxyl groups is 1. The van der Waals surface area contributed by atoms with E-state index >= 15 is 0 Å². The molecular weight excluding hydrogens is 346 g/mol. The third-order valence-electron chi connectivity index (χ3n) is 3.78. The van der Waals surface area contributed by atoms with Gasteiger partial charge in [0.2, 0.25) is 5.88 Å². The summed E-state index contributed by atoms with van der Waals surface area (Å²) in [6, 6.07) is 15.8. The number of methoxy groups -OCH3 is 1. The van der Waals surface area contributed by atoms with E-state index in [1.165, 1.54) is 25.5 Å². The van der Waals surface area contributed by atoms with Crippen LogP contribution in [0.5, 0.6) is 11.6 Å². The highest BCUT2D eigenvalue weighted by molar-refractivity contribution is 5.81. The van der Waals surface area contributed by atoms with Crippen molar-refractivity contribution in [1.29, 1.82) is 0 Å². The molecule has 0 spiro atoms. The molecule has 0 saturated heterocycles. The van der Waals surface area contributed by atoms with Crippen LogP contribution >= 0.6 is 0 Å². The summed E-state index contributed by atoms with van der Waals surface area (Å²) in [7, 11) is 1.53. The predicted octanol–water partition coefficient (Wildman–Crippen LogP) is 2.66. The summed E-state index contributed by atoms with van der Waals surface area (Å²) in [5.74, 6) is 0.145. The van der Waals surface area contributed by atoms with Crippen molar-refractivity contribution >= 4 is 18.0 Å². The summed E-state index contributed by atoms with van der Waals surface area (Å²) < 4.78 is 6.09. The summed E-state index contributed by atoms with van der Waals surface area (Å²) in [4.78, 5) is 30.6. The molecule has 1 heterocycles. The van der Waals surface area contributed by atoms with Crippen molar-refractivity contribution in [2.75, 3.05) is 7.11 Å². The van der Waals surface area contributed by atoms with Gasteiger partial charge in [-0.25, -0.2) is 9.36 Å². The molecule has 0 fully saturated rings. The standard InChI is InChI=1S/C20H17N3O4/c1-27-16-11-9-15(10-12-16)23-19(25)17(18(24)22-20(23)26)8-5-13-21-14-6-3-2-4-7-14/h2-13,25H,1H3,(H,22,24,26)/b8-5+,21-13?. The smallest absolute Gasteiger partial charge is 0.335 e. The first kappa shape index (κ1) is 17.9. The molecule has 3 aromatic rings. The molecule has 0 unspecified atom stereocenters. The number of para-hydroxylation sites is 1. The number of benzene rings is 2. The molecular formula is C20H17N3O4. The summed E-state index contributed by atoms with van der Waals surface area (Å²) >= 11 is 0. The Kier molecular flexibility index (Phi) is 5.32. The first-order chi connectivity index (χ1) is 13.1. The van der Waals surface area contributed by atoms with Crippen LogP contribution in [0.1, 0.15) is 5.56 Å². The highest BCUT2D eigenvalue weighted by Crippen LogP contribution is 2.20. The van der Waals surface area contributed by atoms with E-state index in [0.29, 0.717) is 11.4 Å². The molecule has 27 heavy (non-hydrogen) atoms. The molecule has 0 aliphatic carbocycles. The third kappa shape index (κ3) is 4.04. The molecule has 7 nitrogen and oxygen atoms in total. The van der Waals surface area contributed by atoms with Crippen LogP contribution in [-0.2, 0) is 0 Å². The van der Waals surface area contributed by atoms with E-state index in [0.717, 1.165) is 10.3 Å². The average molecular weight is 363 g/mol. The number of nitrogens with zero attached hydrogens (tertiary/aromatic N) is 2. The quantitative estimate of drug-likeness (QED) is 0.681. The molecule has 7 heteroatoms. The lowest BCUT2D eigenvalue weighted by molar-refractivity contribution is 0.414. The van der Waals surface area contributed by atoms with Crippen molar-refractivity contribution in [3.63, 3.8) is 0 Å². The number of hydrogen-bond acceptors (Lipinski definition) is 5. The Morgan fingerprint density at radius 3 is 2.44 bits per heavy atom. The van der Waals surface area contributed by atoms with Crippen molar-refractivity contribution in [2.24, 2.45) is 4.99 Å². The Balaban J connectivity index is 1.96. The van der Waals surface area contributed by atoms with E-state index in [-0.39, 0.29) is 5.56 Å². The van der Waals surface area contributed by atoms with Crippen molar-refractivity contribution in [3.8, 4) is 17.3 Å². The van der Waals surface area contributed by atoms with Gasteiger partial charge in [-0.1, -0.05) is 18.2 Å². The highest BCUT2D eigenvalue weighted by atomic mass is 16.5. The summed E-state index contributed by atoms with van der Waals surface area (Å²) in [5, 5.41) is 10.5. The van der Waals surface area contributed by atoms with Gasteiger partial charge in [-0.05, 0) is 48.6 Å². The molecule has 3 rings (SSSR count). The molecule has 2 N–H and O–H groups in total. The van der Waals surface area contributed by atoms with Crippen LogP contribution in [0.3, 0.4) is 0 Å². The van der Waals surface area contributed by atoms with E-state index in [2.05, 4.69) is 9.98 Å². The van der Waals surface area contributed by atoms with E-state index in [1.54, 1.807) is 24.3 Å². The van der Waals surface area contributed by atoms with E-state index < -0.39 is 17.1 Å². The van der Waals surface area contributed by atoms with Crippen LogP contribution in [0.25, 0.3) is 11.8 Å². The molecule has 0 radical (unpaired) electrons. The lowest BCUT2D eigenvalue weighted by atomic mass is 10.2. The Bertz CT molecular complexity index is 1090. The maximum atomic E-state index is 12.1. The molecule has 1 aromatic heterocycles. The Morgan fingerprint density at radius 2 is 1.78 bits per heavy atom. The van der Waals surface area contributed by atoms with Gasteiger partial charge in [0.1, 0.15) is 11.3 Å². The molecule has 0 aliphatic heterocycles. The average Bonchev–Trinajstić information content (AvgIpc) is 2.68. The number of hydrogen-bond donors (Lipinski definition) is 2. The number of nitrogens with one attached hydrogen (secondary N) is 1. The largest absolute Gasteiger partial charge is 0.497 e. The minimum Gasteiger partial charge on any atom is -0.497 e. The monoisotopic (exact) mass is 363 g/mol. The first-order valence-electron chi connectivity index (χ1n) is 8.08. The third-order valence-corrected chi connectivity index (χ3v) is 3.78. The van der Waals surface area contributed by atoms with Crippen molar-refractivity contribution < 1.29 is 9.84 Å². The summed E-state index contributed by atoms with van der Waals surface area (Å²) in [6.45, 7) is 0. The maximum Gasteiger partial charge on any atom is 0.335 e. The second kappa shape index (κ2) is 8.01. The van der Waals surface area contributed by atoms with Crippen LogP contribution in [0.4, 0.5) is 5.69 Å². The molecule has 0 atom stereocenters. The molecule has 0 bridgehead atoms.